The maximum absolute atomic E-state index is 9.41. The Morgan fingerprint density at radius 1 is 1.21 bits per heavy atom. The van der Waals surface area contributed by atoms with Gasteiger partial charge in [0.15, 0.2) is 0 Å². The van der Waals surface area contributed by atoms with Crippen molar-refractivity contribution in [3.05, 3.63) is 17.0 Å². The highest BCUT2D eigenvalue weighted by Gasteiger charge is 2.27. The normalized spacial score (nSPS) is 17.8. The molecule has 106 valence electrons. The third-order valence-electron chi connectivity index (χ3n) is 3.56. The van der Waals surface area contributed by atoms with Crippen molar-refractivity contribution in [2.24, 2.45) is 0 Å². The molecule has 2 heterocycles. The van der Waals surface area contributed by atoms with Crippen LogP contribution in [0.15, 0.2) is 6.33 Å². The van der Waals surface area contributed by atoms with E-state index in [9.17, 15) is 5.11 Å². The van der Waals surface area contributed by atoms with E-state index >= 15 is 0 Å². The second-order valence-electron chi connectivity index (χ2n) is 5.77. The Morgan fingerprint density at radius 2 is 1.84 bits per heavy atom. The van der Waals surface area contributed by atoms with Gasteiger partial charge in [0.2, 0.25) is 0 Å². The molecule has 0 aromatic carbocycles. The van der Waals surface area contributed by atoms with Crippen LogP contribution in [-0.2, 0) is 6.61 Å². The van der Waals surface area contributed by atoms with Crippen LogP contribution in [-0.4, -0.2) is 51.7 Å². The van der Waals surface area contributed by atoms with E-state index in [0.29, 0.717) is 10.7 Å². The Hall–Kier alpha value is -0.910. The minimum absolute atomic E-state index is 0.130. The molecular formula is C13H21ClN4O. The first kappa shape index (κ1) is 14.5. The second kappa shape index (κ2) is 5.61. The molecular weight excluding hydrogens is 264 g/mol. The van der Waals surface area contributed by atoms with Gasteiger partial charge in [-0.2, -0.15) is 0 Å². The Labute approximate surface area is 119 Å². The van der Waals surface area contributed by atoms with Crippen LogP contribution in [0.1, 0.15) is 26.3 Å². The van der Waals surface area contributed by atoms with Crippen molar-refractivity contribution in [1.29, 1.82) is 0 Å². The maximum atomic E-state index is 9.41. The zero-order valence-electron chi connectivity index (χ0n) is 11.7. The number of hydrogen-bond donors (Lipinski definition) is 1. The summed E-state index contributed by atoms with van der Waals surface area (Å²) < 4.78 is 0. The molecule has 1 N–H and O–H groups in total. The summed E-state index contributed by atoms with van der Waals surface area (Å²) in [5.41, 5.74) is 0.809. The monoisotopic (exact) mass is 284 g/mol. The number of anilines is 1. The molecule has 19 heavy (non-hydrogen) atoms. The van der Waals surface area contributed by atoms with E-state index in [1.54, 1.807) is 0 Å². The summed E-state index contributed by atoms with van der Waals surface area (Å²) >= 11 is 6.00. The predicted octanol–water partition coefficient (Wildman–Crippen LogP) is 1.54. The fraction of sp³-hybridized carbons (Fsp3) is 0.692. The quantitative estimate of drug-likeness (QED) is 0.835. The minimum Gasteiger partial charge on any atom is -0.391 e. The highest BCUT2D eigenvalue weighted by Crippen LogP contribution is 2.25. The Bertz CT molecular complexity index is 439. The molecule has 1 fully saturated rings. The standard InChI is InChI=1S/C13H21ClN4O/c1-13(2,3)18-6-4-17(5-7-18)12-10(8-19)11(14)15-9-16-12/h9,19H,4-8H2,1-3H3. The molecule has 0 aliphatic carbocycles. The van der Waals surface area contributed by atoms with Gasteiger partial charge < -0.3 is 10.0 Å². The summed E-state index contributed by atoms with van der Waals surface area (Å²) in [6.45, 7) is 10.3. The maximum Gasteiger partial charge on any atom is 0.140 e. The van der Waals surface area contributed by atoms with Crippen LogP contribution in [0, 0.1) is 0 Å². The summed E-state index contributed by atoms with van der Waals surface area (Å²) in [5.74, 6) is 0.760. The van der Waals surface area contributed by atoms with Crippen LogP contribution < -0.4 is 4.90 Å². The van der Waals surface area contributed by atoms with Crippen molar-refractivity contribution in [1.82, 2.24) is 14.9 Å². The van der Waals surface area contributed by atoms with Crippen LogP contribution in [0.3, 0.4) is 0 Å². The van der Waals surface area contributed by atoms with E-state index in [2.05, 4.69) is 40.5 Å². The summed E-state index contributed by atoms with van der Waals surface area (Å²) in [7, 11) is 0. The molecule has 1 aliphatic heterocycles. The molecule has 0 radical (unpaired) electrons. The van der Waals surface area contributed by atoms with Crippen LogP contribution >= 0.6 is 11.6 Å². The van der Waals surface area contributed by atoms with E-state index in [0.717, 1.165) is 32.0 Å². The number of rotatable bonds is 2. The van der Waals surface area contributed by atoms with Gasteiger partial charge >= 0.3 is 0 Å². The van der Waals surface area contributed by atoms with Gasteiger partial charge in [0.25, 0.3) is 0 Å². The number of aliphatic hydroxyl groups excluding tert-OH is 1. The van der Waals surface area contributed by atoms with E-state index in [-0.39, 0.29) is 12.1 Å². The lowest BCUT2D eigenvalue weighted by Gasteiger charge is -2.42. The van der Waals surface area contributed by atoms with Gasteiger partial charge in [-0.05, 0) is 20.8 Å². The topological polar surface area (TPSA) is 52.5 Å². The lowest BCUT2D eigenvalue weighted by atomic mass is 10.0. The minimum atomic E-state index is -0.130. The van der Waals surface area contributed by atoms with Crippen molar-refractivity contribution in [3.8, 4) is 0 Å². The molecule has 0 unspecified atom stereocenters. The van der Waals surface area contributed by atoms with E-state index < -0.39 is 0 Å². The molecule has 6 heteroatoms. The van der Waals surface area contributed by atoms with Crippen LogP contribution in [0.25, 0.3) is 0 Å². The Kier molecular flexibility index (Phi) is 4.28. The van der Waals surface area contributed by atoms with Gasteiger partial charge in [0.1, 0.15) is 17.3 Å². The van der Waals surface area contributed by atoms with Gasteiger partial charge in [0, 0.05) is 31.7 Å². The molecule has 0 amide bonds. The Balaban J connectivity index is 2.12. The van der Waals surface area contributed by atoms with Crippen LogP contribution in [0.4, 0.5) is 5.82 Å². The third-order valence-corrected chi connectivity index (χ3v) is 3.88. The van der Waals surface area contributed by atoms with E-state index in [1.807, 2.05) is 0 Å². The van der Waals surface area contributed by atoms with Gasteiger partial charge in [-0.3, -0.25) is 4.90 Å². The molecule has 1 aromatic heterocycles. The molecule has 0 bridgehead atoms. The van der Waals surface area contributed by atoms with Crippen LogP contribution in [0.5, 0.6) is 0 Å². The number of aliphatic hydroxyl groups is 1. The van der Waals surface area contributed by atoms with Crippen molar-refractivity contribution < 1.29 is 5.11 Å². The molecule has 0 saturated carbocycles. The van der Waals surface area contributed by atoms with E-state index in [1.165, 1.54) is 6.33 Å². The summed E-state index contributed by atoms with van der Waals surface area (Å²) in [6, 6.07) is 0. The molecule has 1 saturated heterocycles. The average molecular weight is 285 g/mol. The molecule has 5 nitrogen and oxygen atoms in total. The van der Waals surface area contributed by atoms with Crippen molar-refractivity contribution in [2.75, 3.05) is 31.1 Å². The zero-order valence-corrected chi connectivity index (χ0v) is 12.5. The smallest absolute Gasteiger partial charge is 0.140 e. The molecule has 2 rings (SSSR count). The number of aromatic nitrogens is 2. The predicted molar refractivity (Wildman–Crippen MR) is 76.5 cm³/mol. The Morgan fingerprint density at radius 3 is 2.37 bits per heavy atom. The fourth-order valence-corrected chi connectivity index (χ4v) is 2.57. The zero-order chi connectivity index (χ0) is 14.0. The second-order valence-corrected chi connectivity index (χ2v) is 6.13. The largest absolute Gasteiger partial charge is 0.391 e. The van der Waals surface area contributed by atoms with Crippen molar-refractivity contribution in [2.45, 2.75) is 32.9 Å². The van der Waals surface area contributed by atoms with Gasteiger partial charge in [0.05, 0.1) is 12.2 Å². The number of nitrogens with zero attached hydrogens (tertiary/aromatic N) is 4. The first-order valence-corrected chi connectivity index (χ1v) is 6.91. The number of piperazine rings is 1. The molecule has 1 aromatic rings. The van der Waals surface area contributed by atoms with Gasteiger partial charge in [-0.15, -0.1) is 0 Å². The van der Waals surface area contributed by atoms with Gasteiger partial charge in [-0.25, -0.2) is 9.97 Å². The lowest BCUT2D eigenvalue weighted by molar-refractivity contribution is 0.128. The number of halogens is 1. The fourth-order valence-electron chi connectivity index (χ4n) is 2.38. The third kappa shape index (κ3) is 3.16. The van der Waals surface area contributed by atoms with Crippen LogP contribution in [0.2, 0.25) is 5.15 Å². The van der Waals surface area contributed by atoms with Crippen molar-refractivity contribution >= 4 is 17.4 Å². The SMILES string of the molecule is CC(C)(C)N1CCN(c2ncnc(Cl)c2CO)CC1. The summed E-state index contributed by atoms with van der Waals surface area (Å²) in [5, 5.41) is 9.75. The molecule has 0 atom stereocenters. The van der Waals surface area contributed by atoms with Gasteiger partial charge in [-0.1, -0.05) is 11.6 Å². The van der Waals surface area contributed by atoms with E-state index in [4.69, 9.17) is 11.6 Å². The van der Waals surface area contributed by atoms with Crippen molar-refractivity contribution in [3.63, 3.8) is 0 Å². The average Bonchev–Trinajstić information content (AvgIpc) is 2.37. The lowest BCUT2D eigenvalue weighted by Crippen LogP contribution is -2.53. The molecule has 1 aliphatic rings. The number of hydrogen-bond acceptors (Lipinski definition) is 5. The first-order chi connectivity index (χ1) is 8.93. The first-order valence-electron chi connectivity index (χ1n) is 6.53. The summed E-state index contributed by atoms with van der Waals surface area (Å²) in [4.78, 5) is 12.8. The highest BCUT2D eigenvalue weighted by molar-refractivity contribution is 6.30. The summed E-state index contributed by atoms with van der Waals surface area (Å²) in [6.07, 6.45) is 1.45. The molecule has 0 spiro atoms. The highest BCUT2D eigenvalue weighted by atomic mass is 35.5.